The number of benzene rings is 3. The smallest absolute Gasteiger partial charge is 0.328 e. The number of nitrogens with one attached hydrogen (secondary N) is 1. The van der Waals surface area contributed by atoms with Gasteiger partial charge in [0.25, 0.3) is 0 Å². The number of hydrogen-bond acceptors (Lipinski definition) is 2. The standard InChI is InChI=1S/C27H22F2N2O2/c1-3-20(21-10-9-19(28)14-16(21)2)26(18-7-4-17(5-8-18)6-13-25(32)33)22-11-12-24-23(27(22)29)15-30-31-24/h4-15H,3H2,1-2H3,(H,30,31)(H,32,33). The molecule has 0 fully saturated rings. The van der Waals surface area contributed by atoms with Gasteiger partial charge >= 0.3 is 5.97 Å². The van der Waals surface area contributed by atoms with E-state index in [9.17, 15) is 9.18 Å². The fraction of sp³-hybridized carbons (Fsp3) is 0.111. The third-order valence-electron chi connectivity index (χ3n) is 5.61. The first-order valence-electron chi connectivity index (χ1n) is 10.5. The fourth-order valence-corrected chi connectivity index (χ4v) is 4.06. The zero-order valence-electron chi connectivity index (χ0n) is 18.2. The molecule has 4 aromatic rings. The zero-order valence-corrected chi connectivity index (χ0v) is 18.2. The molecule has 0 saturated heterocycles. The Hall–Kier alpha value is -4.06. The van der Waals surface area contributed by atoms with Crippen molar-refractivity contribution in [1.82, 2.24) is 10.2 Å². The van der Waals surface area contributed by atoms with Crippen LogP contribution in [0.15, 0.2) is 66.9 Å². The summed E-state index contributed by atoms with van der Waals surface area (Å²) in [6.07, 6.45) is 4.61. The van der Waals surface area contributed by atoms with Gasteiger partial charge in [-0.15, -0.1) is 0 Å². The minimum absolute atomic E-state index is 0.325. The number of aromatic nitrogens is 2. The topological polar surface area (TPSA) is 66.0 Å². The molecule has 1 aromatic heterocycles. The Kier molecular flexibility index (Phi) is 6.18. The molecule has 0 aliphatic rings. The van der Waals surface area contributed by atoms with Gasteiger partial charge in [-0.05, 0) is 77.1 Å². The van der Waals surface area contributed by atoms with E-state index in [2.05, 4.69) is 10.2 Å². The molecule has 0 spiro atoms. The Labute approximate surface area is 189 Å². The second-order valence-electron chi connectivity index (χ2n) is 7.72. The lowest BCUT2D eigenvalue weighted by atomic mass is 9.86. The van der Waals surface area contributed by atoms with Gasteiger partial charge in [-0.1, -0.05) is 37.3 Å². The van der Waals surface area contributed by atoms with Crippen LogP contribution >= 0.6 is 0 Å². The van der Waals surface area contributed by atoms with Crippen LogP contribution in [0, 0.1) is 18.6 Å². The number of rotatable bonds is 6. The monoisotopic (exact) mass is 444 g/mol. The Morgan fingerprint density at radius 1 is 1.06 bits per heavy atom. The molecule has 0 atom stereocenters. The number of aromatic amines is 1. The number of carbonyl (C=O) groups is 1. The van der Waals surface area contributed by atoms with E-state index in [1.54, 1.807) is 30.3 Å². The summed E-state index contributed by atoms with van der Waals surface area (Å²) in [6.45, 7) is 3.82. The number of hydrogen-bond donors (Lipinski definition) is 2. The van der Waals surface area contributed by atoms with Gasteiger partial charge in [0, 0.05) is 11.6 Å². The van der Waals surface area contributed by atoms with E-state index in [1.807, 2.05) is 26.0 Å². The minimum atomic E-state index is -1.03. The predicted molar refractivity (Wildman–Crippen MR) is 127 cm³/mol. The molecule has 166 valence electrons. The Balaban J connectivity index is 1.98. The lowest BCUT2D eigenvalue weighted by Gasteiger charge is -2.19. The van der Waals surface area contributed by atoms with Crippen molar-refractivity contribution in [3.8, 4) is 0 Å². The summed E-state index contributed by atoms with van der Waals surface area (Å²) in [4.78, 5) is 10.8. The zero-order chi connectivity index (χ0) is 23.5. The van der Waals surface area contributed by atoms with Crippen LogP contribution in [0.5, 0.6) is 0 Å². The largest absolute Gasteiger partial charge is 0.478 e. The average Bonchev–Trinajstić information content (AvgIpc) is 3.28. The molecule has 4 rings (SSSR count). The number of fused-ring (bicyclic) bond motifs is 1. The number of aliphatic carboxylic acids is 1. The number of carboxylic acid groups (broad SMARTS) is 1. The first-order valence-corrected chi connectivity index (χ1v) is 10.5. The van der Waals surface area contributed by atoms with Gasteiger partial charge < -0.3 is 5.11 Å². The van der Waals surface area contributed by atoms with Crippen molar-refractivity contribution in [3.05, 3.63) is 106 Å². The van der Waals surface area contributed by atoms with Crippen molar-refractivity contribution in [2.75, 3.05) is 0 Å². The van der Waals surface area contributed by atoms with Crippen LogP contribution in [0.4, 0.5) is 8.78 Å². The molecule has 6 heteroatoms. The van der Waals surface area contributed by atoms with E-state index in [0.29, 0.717) is 34.0 Å². The summed E-state index contributed by atoms with van der Waals surface area (Å²) in [6, 6.07) is 15.4. The Morgan fingerprint density at radius 2 is 1.79 bits per heavy atom. The molecule has 0 saturated carbocycles. The van der Waals surface area contributed by atoms with E-state index in [-0.39, 0.29) is 5.82 Å². The van der Waals surface area contributed by atoms with Crippen LogP contribution < -0.4 is 0 Å². The Bertz CT molecular complexity index is 1400. The van der Waals surface area contributed by atoms with Gasteiger partial charge in [0.15, 0.2) is 0 Å². The number of halogens is 2. The molecule has 0 amide bonds. The molecule has 0 radical (unpaired) electrons. The van der Waals surface area contributed by atoms with Crippen LogP contribution in [0.1, 0.15) is 41.2 Å². The summed E-state index contributed by atoms with van der Waals surface area (Å²) < 4.78 is 29.5. The van der Waals surface area contributed by atoms with Crippen LogP contribution in [-0.2, 0) is 4.79 Å². The van der Waals surface area contributed by atoms with E-state index in [0.717, 1.165) is 28.3 Å². The van der Waals surface area contributed by atoms with E-state index in [1.165, 1.54) is 24.4 Å². The molecule has 0 aliphatic heterocycles. The van der Waals surface area contributed by atoms with Crippen molar-refractivity contribution < 1.29 is 18.7 Å². The maximum atomic E-state index is 15.7. The van der Waals surface area contributed by atoms with E-state index in [4.69, 9.17) is 5.11 Å². The predicted octanol–water partition coefficient (Wildman–Crippen LogP) is 6.62. The van der Waals surface area contributed by atoms with Gasteiger partial charge in [0.1, 0.15) is 11.6 Å². The Morgan fingerprint density at radius 3 is 2.45 bits per heavy atom. The van der Waals surface area contributed by atoms with E-state index >= 15 is 4.39 Å². The summed E-state index contributed by atoms with van der Waals surface area (Å²) in [5.41, 5.74) is 5.67. The molecule has 33 heavy (non-hydrogen) atoms. The molecule has 0 aliphatic carbocycles. The summed E-state index contributed by atoms with van der Waals surface area (Å²) >= 11 is 0. The second-order valence-corrected chi connectivity index (χ2v) is 7.72. The number of allylic oxidation sites excluding steroid dienone is 1. The van der Waals surface area contributed by atoms with Crippen LogP contribution in [0.3, 0.4) is 0 Å². The first-order chi connectivity index (χ1) is 15.9. The number of carboxylic acids is 1. The molecule has 2 N–H and O–H groups in total. The second kappa shape index (κ2) is 9.20. The van der Waals surface area contributed by atoms with Crippen molar-refractivity contribution in [2.24, 2.45) is 0 Å². The number of aryl methyl sites for hydroxylation is 1. The summed E-state index contributed by atoms with van der Waals surface area (Å²) in [5.74, 6) is -1.75. The molecular weight excluding hydrogens is 422 g/mol. The third-order valence-corrected chi connectivity index (χ3v) is 5.61. The SMILES string of the molecule is CCC(=C(c1ccc(C=CC(=O)O)cc1)c1ccc2[nH]ncc2c1F)c1ccc(F)cc1C. The highest BCUT2D eigenvalue weighted by molar-refractivity contribution is 6.01. The van der Waals surface area contributed by atoms with Crippen LogP contribution in [0.25, 0.3) is 28.1 Å². The normalized spacial score (nSPS) is 12.4. The van der Waals surface area contributed by atoms with Crippen molar-refractivity contribution in [1.29, 1.82) is 0 Å². The van der Waals surface area contributed by atoms with Crippen LogP contribution in [0.2, 0.25) is 0 Å². The highest BCUT2D eigenvalue weighted by Crippen LogP contribution is 2.38. The van der Waals surface area contributed by atoms with Crippen molar-refractivity contribution in [2.45, 2.75) is 20.3 Å². The minimum Gasteiger partial charge on any atom is -0.478 e. The summed E-state index contributed by atoms with van der Waals surface area (Å²) in [5, 5.41) is 16.0. The van der Waals surface area contributed by atoms with Gasteiger partial charge in [-0.2, -0.15) is 5.10 Å². The fourth-order valence-electron chi connectivity index (χ4n) is 4.06. The number of nitrogens with zero attached hydrogens (tertiary/aromatic N) is 1. The maximum absolute atomic E-state index is 15.7. The average molecular weight is 444 g/mol. The lowest BCUT2D eigenvalue weighted by Crippen LogP contribution is -2.00. The van der Waals surface area contributed by atoms with Gasteiger partial charge in [-0.25, -0.2) is 13.6 Å². The van der Waals surface area contributed by atoms with Crippen LogP contribution in [-0.4, -0.2) is 21.3 Å². The number of H-pyrrole nitrogens is 1. The third kappa shape index (κ3) is 4.46. The highest BCUT2D eigenvalue weighted by atomic mass is 19.1. The molecule has 0 unspecified atom stereocenters. The van der Waals surface area contributed by atoms with E-state index < -0.39 is 11.8 Å². The molecular formula is C27H22F2N2O2. The molecule has 4 nitrogen and oxygen atoms in total. The maximum Gasteiger partial charge on any atom is 0.328 e. The van der Waals surface area contributed by atoms with Gasteiger partial charge in [-0.3, -0.25) is 5.10 Å². The lowest BCUT2D eigenvalue weighted by molar-refractivity contribution is -0.131. The quantitative estimate of drug-likeness (QED) is 0.260. The first kappa shape index (κ1) is 22.1. The van der Waals surface area contributed by atoms with Gasteiger partial charge in [0.2, 0.25) is 0 Å². The molecule has 1 heterocycles. The van der Waals surface area contributed by atoms with Crippen molar-refractivity contribution >= 4 is 34.1 Å². The van der Waals surface area contributed by atoms with Crippen molar-refractivity contribution in [3.63, 3.8) is 0 Å². The molecule has 3 aromatic carbocycles. The van der Waals surface area contributed by atoms with Gasteiger partial charge in [0.05, 0.1) is 17.1 Å². The summed E-state index contributed by atoms with van der Waals surface area (Å²) in [7, 11) is 0. The molecule has 0 bridgehead atoms. The highest BCUT2D eigenvalue weighted by Gasteiger charge is 2.19.